The molecular formula is C12H22N2O2. The molecule has 1 saturated heterocycles. The molecule has 1 saturated carbocycles. The highest BCUT2D eigenvalue weighted by atomic mass is 16.5. The maximum Gasteiger partial charge on any atom is 0.224 e. The van der Waals surface area contributed by atoms with E-state index < -0.39 is 0 Å². The van der Waals surface area contributed by atoms with E-state index in [-0.39, 0.29) is 11.8 Å². The summed E-state index contributed by atoms with van der Waals surface area (Å²) in [6, 6.07) is 0.353. The lowest BCUT2D eigenvalue weighted by atomic mass is 9.88. The van der Waals surface area contributed by atoms with Crippen LogP contribution in [0, 0.1) is 5.92 Å². The molecule has 1 heterocycles. The molecule has 2 aliphatic rings. The van der Waals surface area contributed by atoms with E-state index in [0.29, 0.717) is 12.1 Å². The van der Waals surface area contributed by atoms with Gasteiger partial charge in [-0.2, -0.15) is 0 Å². The van der Waals surface area contributed by atoms with Gasteiger partial charge in [0.15, 0.2) is 0 Å². The zero-order valence-corrected chi connectivity index (χ0v) is 10.00. The van der Waals surface area contributed by atoms with Gasteiger partial charge in [-0.1, -0.05) is 0 Å². The van der Waals surface area contributed by atoms with Crippen LogP contribution >= 0.6 is 0 Å². The first-order valence-electron chi connectivity index (χ1n) is 6.42. The Hall–Kier alpha value is -0.610. The maximum atomic E-state index is 11.9. The maximum absolute atomic E-state index is 11.9. The molecule has 2 N–H and O–H groups in total. The van der Waals surface area contributed by atoms with Crippen molar-refractivity contribution in [3.8, 4) is 0 Å². The SMILES string of the molecule is CCOC1CC(NC(=O)[C@@H]2CCCNC2)C1. The number of amides is 1. The van der Waals surface area contributed by atoms with E-state index >= 15 is 0 Å². The van der Waals surface area contributed by atoms with E-state index in [1.807, 2.05) is 6.92 Å². The van der Waals surface area contributed by atoms with E-state index in [2.05, 4.69) is 10.6 Å². The van der Waals surface area contributed by atoms with Crippen LogP contribution in [-0.4, -0.2) is 37.7 Å². The molecule has 16 heavy (non-hydrogen) atoms. The summed E-state index contributed by atoms with van der Waals surface area (Å²) in [7, 11) is 0. The fraction of sp³-hybridized carbons (Fsp3) is 0.917. The van der Waals surface area contributed by atoms with Gasteiger partial charge in [0.2, 0.25) is 5.91 Å². The summed E-state index contributed by atoms with van der Waals surface area (Å²) >= 11 is 0. The standard InChI is InChI=1S/C12H22N2O2/c1-2-16-11-6-10(7-11)14-12(15)9-4-3-5-13-8-9/h9-11,13H,2-8H2,1H3,(H,14,15)/t9-,10?,11?/m1/s1. The molecule has 1 aliphatic carbocycles. The first-order chi connectivity index (χ1) is 7.79. The van der Waals surface area contributed by atoms with Crippen molar-refractivity contribution < 1.29 is 9.53 Å². The lowest BCUT2D eigenvalue weighted by molar-refractivity contribution is -0.128. The summed E-state index contributed by atoms with van der Waals surface area (Å²) in [6.07, 6.45) is 4.49. The summed E-state index contributed by atoms with van der Waals surface area (Å²) in [5, 5.41) is 6.38. The molecule has 1 aliphatic heterocycles. The summed E-state index contributed by atoms with van der Waals surface area (Å²) in [5.41, 5.74) is 0. The Morgan fingerprint density at radius 2 is 2.31 bits per heavy atom. The molecule has 2 rings (SSSR count). The number of piperidine rings is 1. The largest absolute Gasteiger partial charge is 0.378 e. The molecule has 92 valence electrons. The first kappa shape index (κ1) is 11.9. The van der Waals surface area contributed by atoms with Gasteiger partial charge in [0.25, 0.3) is 0 Å². The van der Waals surface area contributed by atoms with Crippen LogP contribution in [0.2, 0.25) is 0 Å². The van der Waals surface area contributed by atoms with Gasteiger partial charge >= 0.3 is 0 Å². The molecule has 1 atom stereocenters. The van der Waals surface area contributed by atoms with Crippen molar-refractivity contribution in [2.24, 2.45) is 5.92 Å². The van der Waals surface area contributed by atoms with E-state index in [1.54, 1.807) is 0 Å². The Kier molecular flexibility index (Phi) is 4.18. The molecule has 0 spiro atoms. The van der Waals surface area contributed by atoms with E-state index in [0.717, 1.165) is 45.4 Å². The van der Waals surface area contributed by atoms with Crippen LogP contribution in [0.4, 0.5) is 0 Å². The zero-order valence-electron chi connectivity index (χ0n) is 10.00. The molecule has 0 aromatic heterocycles. The zero-order chi connectivity index (χ0) is 11.4. The third kappa shape index (κ3) is 2.95. The molecule has 0 radical (unpaired) electrons. The van der Waals surface area contributed by atoms with Gasteiger partial charge in [-0.15, -0.1) is 0 Å². The number of ether oxygens (including phenoxy) is 1. The number of hydrogen-bond acceptors (Lipinski definition) is 3. The summed E-state index contributed by atoms with van der Waals surface area (Å²) in [4.78, 5) is 11.9. The lowest BCUT2D eigenvalue weighted by Gasteiger charge is -2.36. The van der Waals surface area contributed by atoms with Gasteiger partial charge in [-0.25, -0.2) is 0 Å². The van der Waals surface area contributed by atoms with Crippen LogP contribution in [0.5, 0.6) is 0 Å². The van der Waals surface area contributed by atoms with Gasteiger partial charge in [0.05, 0.1) is 12.0 Å². The predicted molar refractivity (Wildman–Crippen MR) is 62.2 cm³/mol. The molecule has 4 heteroatoms. The first-order valence-corrected chi connectivity index (χ1v) is 6.42. The average Bonchev–Trinajstić information content (AvgIpc) is 2.27. The average molecular weight is 226 g/mol. The number of nitrogens with one attached hydrogen (secondary N) is 2. The van der Waals surface area contributed by atoms with Gasteiger partial charge in [-0.05, 0) is 39.2 Å². The van der Waals surface area contributed by atoms with Crippen LogP contribution in [0.25, 0.3) is 0 Å². The van der Waals surface area contributed by atoms with Crippen molar-refractivity contribution >= 4 is 5.91 Å². The van der Waals surface area contributed by atoms with Crippen molar-refractivity contribution in [3.63, 3.8) is 0 Å². The Labute approximate surface area is 97.1 Å². The molecule has 0 aromatic carbocycles. The molecule has 0 bridgehead atoms. The predicted octanol–water partition coefficient (Wildman–Crippen LogP) is 0.670. The Morgan fingerprint density at radius 1 is 1.50 bits per heavy atom. The molecular weight excluding hydrogens is 204 g/mol. The third-order valence-corrected chi connectivity index (χ3v) is 3.51. The van der Waals surface area contributed by atoms with Gasteiger partial charge in [0, 0.05) is 19.2 Å². The Balaban J connectivity index is 1.64. The third-order valence-electron chi connectivity index (χ3n) is 3.51. The Morgan fingerprint density at radius 3 is 2.94 bits per heavy atom. The monoisotopic (exact) mass is 226 g/mol. The molecule has 2 fully saturated rings. The van der Waals surface area contributed by atoms with Crippen LogP contribution in [0.15, 0.2) is 0 Å². The minimum atomic E-state index is 0.180. The minimum Gasteiger partial charge on any atom is -0.378 e. The van der Waals surface area contributed by atoms with Gasteiger partial charge in [-0.3, -0.25) is 4.79 Å². The summed E-state index contributed by atoms with van der Waals surface area (Å²) < 4.78 is 5.47. The fourth-order valence-electron chi connectivity index (χ4n) is 2.45. The minimum absolute atomic E-state index is 0.180. The second kappa shape index (κ2) is 5.64. The van der Waals surface area contributed by atoms with Crippen molar-refractivity contribution in [2.75, 3.05) is 19.7 Å². The topological polar surface area (TPSA) is 50.4 Å². The van der Waals surface area contributed by atoms with Crippen molar-refractivity contribution in [3.05, 3.63) is 0 Å². The highest BCUT2D eigenvalue weighted by Crippen LogP contribution is 2.24. The van der Waals surface area contributed by atoms with Crippen LogP contribution in [-0.2, 0) is 9.53 Å². The normalized spacial score (nSPS) is 34.2. The van der Waals surface area contributed by atoms with Crippen molar-refractivity contribution in [1.29, 1.82) is 0 Å². The number of rotatable bonds is 4. The summed E-state index contributed by atoms with van der Waals surface area (Å²) in [6.45, 7) is 4.69. The Bertz CT molecular complexity index is 233. The van der Waals surface area contributed by atoms with Gasteiger partial charge in [0.1, 0.15) is 0 Å². The van der Waals surface area contributed by atoms with Crippen LogP contribution in [0.3, 0.4) is 0 Å². The van der Waals surface area contributed by atoms with E-state index in [1.165, 1.54) is 0 Å². The summed E-state index contributed by atoms with van der Waals surface area (Å²) in [5.74, 6) is 0.409. The highest BCUT2D eigenvalue weighted by Gasteiger charge is 2.32. The molecule has 4 nitrogen and oxygen atoms in total. The second-order valence-electron chi connectivity index (χ2n) is 4.80. The van der Waals surface area contributed by atoms with E-state index in [4.69, 9.17) is 4.74 Å². The number of carbonyl (C=O) groups is 1. The highest BCUT2D eigenvalue weighted by molar-refractivity contribution is 5.79. The molecule has 0 unspecified atom stereocenters. The van der Waals surface area contributed by atoms with E-state index in [9.17, 15) is 4.79 Å². The number of carbonyl (C=O) groups excluding carboxylic acids is 1. The van der Waals surface area contributed by atoms with Crippen LogP contribution in [0.1, 0.15) is 32.6 Å². The molecule has 1 amide bonds. The van der Waals surface area contributed by atoms with Crippen molar-refractivity contribution in [1.82, 2.24) is 10.6 Å². The lowest BCUT2D eigenvalue weighted by Crippen LogP contribution is -2.51. The number of hydrogen-bond donors (Lipinski definition) is 2. The fourth-order valence-corrected chi connectivity index (χ4v) is 2.45. The molecule has 0 aromatic rings. The quantitative estimate of drug-likeness (QED) is 0.741. The second-order valence-corrected chi connectivity index (χ2v) is 4.80. The van der Waals surface area contributed by atoms with Crippen molar-refractivity contribution in [2.45, 2.75) is 44.8 Å². The smallest absolute Gasteiger partial charge is 0.224 e. The van der Waals surface area contributed by atoms with Crippen LogP contribution < -0.4 is 10.6 Å². The van der Waals surface area contributed by atoms with Gasteiger partial charge < -0.3 is 15.4 Å².